The van der Waals surface area contributed by atoms with Gasteiger partial charge in [-0.2, -0.15) is 0 Å². The van der Waals surface area contributed by atoms with E-state index in [-0.39, 0.29) is 18.1 Å². The number of anilines is 1. The molecule has 1 saturated heterocycles. The Balaban J connectivity index is 1.45. The second kappa shape index (κ2) is 6.72. The first-order valence-electron chi connectivity index (χ1n) is 8.60. The molecule has 2 aromatic rings. The van der Waals surface area contributed by atoms with E-state index in [2.05, 4.69) is 15.3 Å². The summed E-state index contributed by atoms with van der Waals surface area (Å²) in [5, 5.41) is 5.48. The summed E-state index contributed by atoms with van der Waals surface area (Å²) in [4.78, 5) is 21.3. The number of amides is 1. The average Bonchev–Trinajstić information content (AvgIpc) is 3.19. The fourth-order valence-electron chi connectivity index (χ4n) is 2.95. The van der Waals surface area contributed by atoms with Crippen molar-refractivity contribution >= 4 is 22.4 Å². The highest BCUT2D eigenvalue weighted by molar-refractivity contribution is 7.14. The minimum absolute atomic E-state index is 0.0211. The first-order valence-corrected chi connectivity index (χ1v) is 9.48. The molecule has 2 fully saturated rings. The summed E-state index contributed by atoms with van der Waals surface area (Å²) in [7, 11) is 0. The lowest BCUT2D eigenvalue weighted by Crippen LogP contribution is -2.18. The normalized spacial score (nSPS) is 22.8. The summed E-state index contributed by atoms with van der Waals surface area (Å²) >= 11 is 1.46. The van der Waals surface area contributed by atoms with Crippen LogP contribution in [0.1, 0.15) is 54.0 Å². The van der Waals surface area contributed by atoms with Crippen LogP contribution in [0.3, 0.4) is 0 Å². The van der Waals surface area contributed by atoms with Crippen LogP contribution in [0.2, 0.25) is 0 Å². The van der Waals surface area contributed by atoms with E-state index in [1.165, 1.54) is 24.2 Å². The van der Waals surface area contributed by atoms with Crippen LogP contribution in [0.5, 0.6) is 5.75 Å². The third-order valence-electron chi connectivity index (χ3n) is 4.36. The largest absolute Gasteiger partial charge is 0.488 e. The third kappa shape index (κ3) is 3.99. The molecule has 4 rings (SSSR count). The van der Waals surface area contributed by atoms with Gasteiger partial charge in [-0.15, -0.1) is 11.3 Å². The van der Waals surface area contributed by atoms with Gasteiger partial charge in [-0.25, -0.2) is 9.97 Å². The lowest BCUT2D eigenvalue weighted by Gasteiger charge is -2.13. The zero-order valence-electron chi connectivity index (χ0n) is 14.3. The summed E-state index contributed by atoms with van der Waals surface area (Å²) in [6, 6.07) is 3.52. The summed E-state index contributed by atoms with van der Waals surface area (Å²) in [5.74, 6) is 0.967. The average molecular weight is 359 g/mol. The van der Waals surface area contributed by atoms with E-state index >= 15 is 0 Å². The fraction of sp³-hybridized carbons (Fsp3) is 0.500. The van der Waals surface area contributed by atoms with E-state index < -0.39 is 0 Å². The van der Waals surface area contributed by atoms with Gasteiger partial charge in [-0.3, -0.25) is 10.1 Å². The first-order chi connectivity index (χ1) is 12.1. The van der Waals surface area contributed by atoms with Gasteiger partial charge in [0.1, 0.15) is 17.5 Å². The molecule has 1 aliphatic carbocycles. The molecule has 0 aromatic carbocycles. The van der Waals surface area contributed by atoms with E-state index in [0.29, 0.717) is 29.1 Å². The number of nitrogens with one attached hydrogen (secondary N) is 1. The topological polar surface area (TPSA) is 73.3 Å². The SMILES string of the molecule is Cc1cc(O[C@H]2CO[C@H](C)C2)cc(C(=O)Nc2nc(C3CC3)cs2)n1. The standard InChI is InChI=1S/C18H21N3O3S/c1-10-5-13(24-14-6-11(2)23-8-14)7-15(19-10)17(22)21-18-20-16(9-25-18)12-3-4-12/h5,7,9,11-12,14H,3-4,6,8H2,1-2H3,(H,20,21,22)/t11-,14-/m1/s1. The Bertz CT molecular complexity index is 788. The van der Waals surface area contributed by atoms with Crippen LogP contribution in [0, 0.1) is 6.92 Å². The lowest BCUT2D eigenvalue weighted by molar-refractivity contribution is 0.101. The van der Waals surface area contributed by atoms with Gasteiger partial charge in [0.05, 0.1) is 18.4 Å². The molecule has 7 heteroatoms. The maximum absolute atomic E-state index is 12.5. The molecule has 6 nitrogen and oxygen atoms in total. The van der Waals surface area contributed by atoms with Crippen molar-refractivity contribution < 1.29 is 14.3 Å². The zero-order chi connectivity index (χ0) is 17.4. The summed E-state index contributed by atoms with van der Waals surface area (Å²) in [5.41, 5.74) is 2.16. The van der Waals surface area contributed by atoms with Crippen LogP contribution < -0.4 is 10.1 Å². The number of rotatable bonds is 5. The van der Waals surface area contributed by atoms with Crippen molar-refractivity contribution in [2.75, 3.05) is 11.9 Å². The molecule has 132 valence electrons. The van der Waals surface area contributed by atoms with Crippen molar-refractivity contribution in [3.63, 3.8) is 0 Å². The Morgan fingerprint density at radius 1 is 1.36 bits per heavy atom. The molecular weight excluding hydrogens is 338 g/mol. The highest BCUT2D eigenvalue weighted by Crippen LogP contribution is 2.40. The molecule has 1 amide bonds. The van der Waals surface area contributed by atoms with Crippen molar-refractivity contribution in [2.45, 2.75) is 51.2 Å². The molecule has 25 heavy (non-hydrogen) atoms. The smallest absolute Gasteiger partial charge is 0.276 e. The maximum Gasteiger partial charge on any atom is 0.276 e. The van der Waals surface area contributed by atoms with Gasteiger partial charge >= 0.3 is 0 Å². The van der Waals surface area contributed by atoms with Crippen LogP contribution in [0.25, 0.3) is 0 Å². The summed E-state index contributed by atoms with van der Waals surface area (Å²) < 4.78 is 11.5. The molecule has 1 N–H and O–H groups in total. The van der Waals surface area contributed by atoms with E-state index in [0.717, 1.165) is 17.8 Å². The number of aryl methyl sites for hydroxylation is 1. The summed E-state index contributed by atoms with van der Waals surface area (Å²) in [6.07, 6.45) is 3.47. The maximum atomic E-state index is 12.5. The number of hydrogen-bond donors (Lipinski definition) is 1. The molecule has 2 aromatic heterocycles. The molecule has 1 saturated carbocycles. The van der Waals surface area contributed by atoms with Crippen LogP contribution in [-0.2, 0) is 4.74 Å². The number of carbonyl (C=O) groups is 1. The number of ether oxygens (including phenoxy) is 2. The monoisotopic (exact) mass is 359 g/mol. The third-order valence-corrected chi connectivity index (χ3v) is 5.14. The number of thiazole rings is 1. The van der Waals surface area contributed by atoms with Crippen molar-refractivity contribution in [1.29, 1.82) is 0 Å². The van der Waals surface area contributed by atoms with E-state index in [1.54, 1.807) is 6.07 Å². The van der Waals surface area contributed by atoms with Crippen molar-refractivity contribution in [2.24, 2.45) is 0 Å². The number of hydrogen-bond acceptors (Lipinski definition) is 6. The molecule has 3 heterocycles. The Morgan fingerprint density at radius 3 is 2.92 bits per heavy atom. The highest BCUT2D eigenvalue weighted by atomic mass is 32.1. The molecule has 0 unspecified atom stereocenters. The molecular formula is C18H21N3O3S. The molecule has 0 bridgehead atoms. The van der Waals surface area contributed by atoms with Gasteiger partial charge < -0.3 is 9.47 Å². The summed E-state index contributed by atoms with van der Waals surface area (Å²) in [6.45, 7) is 4.46. The fourth-order valence-corrected chi connectivity index (χ4v) is 3.73. The molecule has 0 radical (unpaired) electrons. The number of nitrogens with zero attached hydrogens (tertiary/aromatic N) is 2. The van der Waals surface area contributed by atoms with Crippen molar-refractivity contribution in [3.8, 4) is 5.75 Å². The first kappa shape index (κ1) is 16.5. The van der Waals surface area contributed by atoms with Crippen LogP contribution >= 0.6 is 11.3 Å². The molecule has 1 aliphatic heterocycles. The van der Waals surface area contributed by atoms with Gasteiger partial charge in [0.2, 0.25) is 0 Å². The predicted octanol–water partition coefficient (Wildman–Crippen LogP) is 3.53. The van der Waals surface area contributed by atoms with Crippen LogP contribution in [0.15, 0.2) is 17.5 Å². The van der Waals surface area contributed by atoms with Crippen molar-refractivity contribution in [3.05, 3.63) is 34.6 Å². The second-order valence-corrected chi connectivity index (χ2v) is 7.61. The van der Waals surface area contributed by atoms with E-state index in [1.807, 2.05) is 25.3 Å². The Kier molecular flexibility index (Phi) is 4.43. The van der Waals surface area contributed by atoms with Gasteiger partial charge in [0, 0.05) is 35.5 Å². The lowest BCUT2D eigenvalue weighted by atomic mass is 10.2. The van der Waals surface area contributed by atoms with Gasteiger partial charge in [-0.05, 0) is 26.7 Å². The van der Waals surface area contributed by atoms with Gasteiger partial charge in [-0.1, -0.05) is 0 Å². The number of pyridine rings is 1. The van der Waals surface area contributed by atoms with E-state index in [4.69, 9.17) is 9.47 Å². The minimum Gasteiger partial charge on any atom is -0.488 e. The molecule has 0 spiro atoms. The zero-order valence-corrected chi connectivity index (χ0v) is 15.1. The quantitative estimate of drug-likeness (QED) is 0.884. The minimum atomic E-state index is -0.263. The molecule has 2 atom stereocenters. The van der Waals surface area contributed by atoms with Crippen LogP contribution in [-0.4, -0.2) is 34.7 Å². The Morgan fingerprint density at radius 2 is 2.20 bits per heavy atom. The number of carbonyl (C=O) groups excluding carboxylic acids is 1. The Hall–Kier alpha value is -1.99. The van der Waals surface area contributed by atoms with Crippen LogP contribution in [0.4, 0.5) is 5.13 Å². The Labute approximate surface area is 150 Å². The van der Waals surface area contributed by atoms with Gasteiger partial charge in [0.15, 0.2) is 5.13 Å². The van der Waals surface area contributed by atoms with E-state index in [9.17, 15) is 4.79 Å². The number of aromatic nitrogens is 2. The highest BCUT2D eigenvalue weighted by Gasteiger charge is 2.27. The molecule has 2 aliphatic rings. The predicted molar refractivity (Wildman–Crippen MR) is 95.5 cm³/mol. The van der Waals surface area contributed by atoms with Gasteiger partial charge in [0.25, 0.3) is 5.91 Å². The second-order valence-electron chi connectivity index (χ2n) is 6.75. The van der Waals surface area contributed by atoms with Crippen molar-refractivity contribution in [1.82, 2.24) is 9.97 Å².